The minimum absolute atomic E-state index is 0.105. The van der Waals surface area contributed by atoms with E-state index in [-0.39, 0.29) is 27.6 Å². The fourth-order valence-electron chi connectivity index (χ4n) is 2.17. The fourth-order valence-corrected chi connectivity index (χ4v) is 3.23. The molecule has 0 unspecified atom stereocenters. The summed E-state index contributed by atoms with van der Waals surface area (Å²) in [6, 6.07) is 5.24. The molecule has 2 rings (SSSR count). The van der Waals surface area contributed by atoms with Gasteiger partial charge in [-0.1, -0.05) is 0 Å². The van der Waals surface area contributed by atoms with E-state index >= 15 is 0 Å². The quantitative estimate of drug-likeness (QED) is 0.446. The number of nitrogens with one attached hydrogen (secondary N) is 1. The van der Waals surface area contributed by atoms with E-state index in [0.717, 1.165) is 6.20 Å². The molecule has 0 bridgehead atoms. The van der Waals surface area contributed by atoms with Gasteiger partial charge in [0.25, 0.3) is 10.0 Å². The van der Waals surface area contributed by atoms with Crippen molar-refractivity contribution >= 4 is 33.3 Å². The molecule has 0 radical (unpaired) electrons. The van der Waals surface area contributed by atoms with E-state index in [1.807, 2.05) is 0 Å². The third kappa shape index (κ3) is 5.82. The van der Waals surface area contributed by atoms with Crippen molar-refractivity contribution in [1.82, 2.24) is 4.98 Å². The molecular weight excluding hydrogens is 402 g/mol. The van der Waals surface area contributed by atoms with Crippen molar-refractivity contribution in [2.75, 3.05) is 17.1 Å². The van der Waals surface area contributed by atoms with Crippen LogP contribution in [0.4, 0.5) is 11.4 Å². The third-order valence-electron chi connectivity index (χ3n) is 3.36. The van der Waals surface area contributed by atoms with Gasteiger partial charge < -0.3 is 20.3 Å². The predicted octanol–water partition coefficient (Wildman–Crippen LogP) is 1.88. The molecule has 1 aromatic heterocycles. The molecule has 0 aliphatic rings. The van der Waals surface area contributed by atoms with Gasteiger partial charge in [-0.2, -0.15) is 0 Å². The van der Waals surface area contributed by atoms with Crippen LogP contribution >= 0.6 is 0 Å². The number of carbonyl (C=O) groups excluding carboxylic acids is 1. The van der Waals surface area contributed by atoms with Crippen LogP contribution in [-0.4, -0.2) is 42.7 Å². The van der Waals surface area contributed by atoms with Crippen molar-refractivity contribution < 1.29 is 32.6 Å². The zero-order valence-electron chi connectivity index (χ0n) is 16.0. The molecule has 1 heterocycles. The lowest BCUT2D eigenvalue weighted by molar-refractivity contribution is -0.139. The lowest BCUT2D eigenvalue weighted by atomic mass is 10.1. The van der Waals surface area contributed by atoms with Gasteiger partial charge in [-0.25, -0.2) is 18.0 Å². The van der Waals surface area contributed by atoms with E-state index < -0.39 is 34.2 Å². The number of pyridine rings is 1. The van der Waals surface area contributed by atoms with Crippen molar-refractivity contribution in [2.24, 2.45) is 0 Å². The Labute approximate surface area is 167 Å². The van der Waals surface area contributed by atoms with Crippen LogP contribution in [0.3, 0.4) is 0 Å². The van der Waals surface area contributed by atoms with Crippen LogP contribution < -0.4 is 15.2 Å². The summed E-state index contributed by atoms with van der Waals surface area (Å²) in [6.45, 7) is 4.25. The van der Waals surface area contributed by atoms with E-state index in [1.165, 1.54) is 30.5 Å². The summed E-state index contributed by atoms with van der Waals surface area (Å²) in [7, 11) is -4.15. The number of aromatic nitrogens is 1. The predicted molar refractivity (Wildman–Crippen MR) is 104 cm³/mol. The Bertz CT molecular complexity index is 1020. The van der Waals surface area contributed by atoms with Crippen molar-refractivity contribution in [3.63, 3.8) is 0 Å². The van der Waals surface area contributed by atoms with Crippen LogP contribution in [0.25, 0.3) is 0 Å². The van der Waals surface area contributed by atoms with Gasteiger partial charge in [0.2, 0.25) is 0 Å². The average molecular weight is 423 g/mol. The summed E-state index contributed by atoms with van der Waals surface area (Å²) in [4.78, 5) is 26.8. The molecule has 29 heavy (non-hydrogen) atoms. The number of esters is 1. The number of ether oxygens (including phenoxy) is 2. The Balaban J connectivity index is 2.51. The van der Waals surface area contributed by atoms with Crippen LogP contribution in [0.1, 0.15) is 31.1 Å². The van der Waals surface area contributed by atoms with E-state index in [9.17, 15) is 18.0 Å². The Morgan fingerprint density at radius 2 is 1.93 bits per heavy atom. The van der Waals surface area contributed by atoms with Crippen molar-refractivity contribution in [3.05, 3.63) is 42.2 Å². The van der Waals surface area contributed by atoms with Gasteiger partial charge in [0.15, 0.2) is 6.61 Å². The van der Waals surface area contributed by atoms with E-state index in [0.29, 0.717) is 0 Å². The summed E-state index contributed by atoms with van der Waals surface area (Å²) in [6.07, 6.45) is 2.52. The molecule has 11 heteroatoms. The maximum Gasteiger partial charge on any atom is 0.341 e. The van der Waals surface area contributed by atoms with Crippen LogP contribution in [-0.2, 0) is 19.6 Å². The molecule has 0 atom stereocenters. The molecule has 0 fully saturated rings. The van der Waals surface area contributed by atoms with Crippen LogP contribution in [0, 0.1) is 0 Å². The first-order valence-corrected chi connectivity index (χ1v) is 9.82. The smallest absolute Gasteiger partial charge is 0.341 e. The van der Waals surface area contributed by atoms with Gasteiger partial charge in [-0.15, -0.1) is 0 Å². The zero-order valence-corrected chi connectivity index (χ0v) is 16.8. The summed E-state index contributed by atoms with van der Waals surface area (Å²) in [5.41, 5.74) is 4.56. The van der Waals surface area contributed by atoms with Gasteiger partial charge >= 0.3 is 11.9 Å². The number of hydrogen-bond acceptors (Lipinski definition) is 8. The van der Waals surface area contributed by atoms with Gasteiger partial charge in [-0.3, -0.25) is 9.71 Å². The van der Waals surface area contributed by atoms with Gasteiger partial charge in [0.05, 0.1) is 11.3 Å². The Hall–Kier alpha value is -3.34. The number of aliphatic carboxylic acids is 1. The number of nitrogens with zero attached hydrogens (tertiary/aromatic N) is 1. The number of nitrogen functional groups attached to an aromatic ring is 1. The van der Waals surface area contributed by atoms with Crippen LogP contribution in [0.15, 0.2) is 41.6 Å². The van der Waals surface area contributed by atoms with Gasteiger partial charge in [0, 0.05) is 12.4 Å². The first kappa shape index (κ1) is 22.0. The van der Waals surface area contributed by atoms with Crippen LogP contribution in [0.5, 0.6) is 5.75 Å². The van der Waals surface area contributed by atoms with Crippen LogP contribution in [0.2, 0.25) is 0 Å². The van der Waals surface area contributed by atoms with E-state index in [2.05, 4.69) is 9.71 Å². The molecule has 4 N–H and O–H groups in total. The maximum absolute atomic E-state index is 12.7. The second-order valence-electron chi connectivity index (χ2n) is 6.88. The first-order valence-electron chi connectivity index (χ1n) is 8.34. The largest absolute Gasteiger partial charge is 0.480 e. The molecule has 0 amide bonds. The highest BCUT2D eigenvalue weighted by Gasteiger charge is 2.26. The van der Waals surface area contributed by atoms with Crippen molar-refractivity contribution in [1.29, 1.82) is 0 Å². The first-order chi connectivity index (χ1) is 13.4. The number of carboxylic acid groups (broad SMARTS) is 1. The zero-order chi connectivity index (χ0) is 21.8. The molecule has 1 aromatic carbocycles. The number of carbonyl (C=O) groups is 2. The minimum Gasteiger partial charge on any atom is -0.480 e. The van der Waals surface area contributed by atoms with E-state index in [4.69, 9.17) is 20.3 Å². The maximum atomic E-state index is 12.7. The Morgan fingerprint density at radius 3 is 2.48 bits per heavy atom. The second-order valence-corrected chi connectivity index (χ2v) is 8.56. The highest BCUT2D eigenvalue weighted by molar-refractivity contribution is 7.92. The number of benzene rings is 1. The van der Waals surface area contributed by atoms with Gasteiger partial charge in [-0.05, 0) is 45.0 Å². The summed E-state index contributed by atoms with van der Waals surface area (Å²) in [5.74, 6) is -2.22. The average Bonchev–Trinajstić information content (AvgIpc) is 2.61. The summed E-state index contributed by atoms with van der Waals surface area (Å²) >= 11 is 0. The highest BCUT2D eigenvalue weighted by atomic mass is 32.2. The van der Waals surface area contributed by atoms with Crippen molar-refractivity contribution in [3.8, 4) is 5.75 Å². The number of anilines is 2. The van der Waals surface area contributed by atoms with Crippen molar-refractivity contribution in [2.45, 2.75) is 31.3 Å². The van der Waals surface area contributed by atoms with E-state index in [1.54, 1.807) is 20.8 Å². The highest BCUT2D eigenvalue weighted by Crippen LogP contribution is 2.36. The molecular formula is C18H21N3O7S. The SMILES string of the molecule is CC(C)(C)OC(=O)c1ccc(OCC(=O)O)c(NS(=O)(=O)c2cccnc2)c1N. The molecule has 0 saturated heterocycles. The molecule has 0 saturated carbocycles. The number of hydrogen-bond donors (Lipinski definition) is 3. The monoisotopic (exact) mass is 423 g/mol. The minimum atomic E-state index is -4.15. The lowest BCUT2D eigenvalue weighted by Crippen LogP contribution is -2.25. The Kier molecular flexibility index (Phi) is 6.32. The standard InChI is InChI=1S/C18H21N3O7S/c1-18(2,3)28-17(24)12-6-7-13(27-10-14(22)23)16(15(12)19)21-29(25,26)11-5-4-8-20-9-11/h4-9,21H,10,19H2,1-3H3,(H,22,23). The number of rotatable bonds is 7. The Morgan fingerprint density at radius 1 is 1.24 bits per heavy atom. The summed E-state index contributed by atoms with van der Waals surface area (Å²) < 4.78 is 37.9. The number of carboxylic acids is 1. The molecule has 0 spiro atoms. The lowest BCUT2D eigenvalue weighted by Gasteiger charge is -2.21. The molecule has 10 nitrogen and oxygen atoms in total. The topological polar surface area (TPSA) is 158 Å². The molecule has 0 aliphatic carbocycles. The number of nitrogens with two attached hydrogens (primary N) is 1. The second kappa shape index (κ2) is 8.35. The van der Waals surface area contributed by atoms with Gasteiger partial charge in [0.1, 0.15) is 21.9 Å². The fraction of sp³-hybridized carbons (Fsp3) is 0.278. The molecule has 0 aliphatic heterocycles. The third-order valence-corrected chi connectivity index (χ3v) is 4.69. The summed E-state index contributed by atoms with van der Waals surface area (Å²) in [5, 5.41) is 8.84. The molecule has 2 aromatic rings. The normalized spacial score (nSPS) is 11.6. The number of sulfonamides is 1. The molecule has 156 valence electrons.